The molecule has 2 rings (SSSR count). The molecule has 0 saturated heterocycles. The van der Waals surface area contributed by atoms with E-state index in [4.69, 9.17) is 4.89 Å². The number of likely N-dealkylation sites (N-methyl/N-ethyl adjacent to an activating group) is 1. The second-order valence-corrected chi connectivity index (χ2v) is 7.36. The maximum atomic E-state index is 12.8. The minimum atomic E-state index is -4.16. The molecule has 1 unspecified atom stereocenters. The SMILES string of the molecule is COOc1ccc(C(=C=O)C(C(=O)O)N(C)S(=O)(=O)c2ccccc2)cc1. The molecular formula is C18H17NO7S. The molecule has 9 heteroatoms. The minimum absolute atomic E-state index is 0.0900. The van der Waals surface area contributed by atoms with Gasteiger partial charge >= 0.3 is 5.97 Å². The third-order valence-corrected chi connectivity index (χ3v) is 5.58. The van der Waals surface area contributed by atoms with Crippen molar-refractivity contribution in [3.63, 3.8) is 0 Å². The average molecular weight is 391 g/mol. The molecule has 0 aliphatic heterocycles. The summed E-state index contributed by atoms with van der Waals surface area (Å²) in [6.45, 7) is 0. The number of sulfonamides is 1. The Bertz CT molecular complexity index is 949. The van der Waals surface area contributed by atoms with Gasteiger partial charge in [-0.3, -0.25) is 4.79 Å². The minimum Gasteiger partial charge on any atom is -0.480 e. The highest BCUT2D eigenvalue weighted by Gasteiger charge is 2.37. The van der Waals surface area contributed by atoms with Crippen molar-refractivity contribution in [3.05, 3.63) is 60.2 Å². The Morgan fingerprint density at radius 3 is 2.19 bits per heavy atom. The lowest BCUT2D eigenvalue weighted by Crippen LogP contribution is -2.43. The van der Waals surface area contributed by atoms with Gasteiger partial charge in [0.2, 0.25) is 10.0 Å². The van der Waals surface area contributed by atoms with Crippen LogP contribution >= 0.6 is 0 Å². The molecular weight excluding hydrogens is 374 g/mol. The molecule has 0 heterocycles. The highest BCUT2D eigenvalue weighted by molar-refractivity contribution is 7.89. The number of hydrogen-bond donors (Lipinski definition) is 1. The Kier molecular flexibility index (Phi) is 6.49. The Morgan fingerprint density at radius 2 is 1.70 bits per heavy atom. The summed E-state index contributed by atoms with van der Waals surface area (Å²) in [5, 5.41) is 9.61. The molecule has 1 N–H and O–H groups in total. The zero-order valence-electron chi connectivity index (χ0n) is 14.5. The topological polar surface area (TPSA) is 110 Å². The number of carboxylic acid groups (broad SMARTS) is 1. The summed E-state index contributed by atoms with van der Waals surface area (Å²) in [4.78, 5) is 32.6. The lowest BCUT2D eigenvalue weighted by molar-refractivity contribution is -0.178. The van der Waals surface area contributed by atoms with Crippen molar-refractivity contribution in [1.82, 2.24) is 4.31 Å². The number of carbonyl (C=O) groups is 1. The first kappa shape index (κ1) is 20.3. The van der Waals surface area contributed by atoms with Crippen LogP contribution in [-0.2, 0) is 24.5 Å². The van der Waals surface area contributed by atoms with Gasteiger partial charge in [0.15, 0.2) is 11.8 Å². The maximum absolute atomic E-state index is 12.8. The third kappa shape index (κ3) is 4.42. The van der Waals surface area contributed by atoms with E-state index in [2.05, 4.69) is 4.89 Å². The summed E-state index contributed by atoms with van der Waals surface area (Å²) in [6, 6.07) is 11.3. The van der Waals surface area contributed by atoms with Crippen molar-refractivity contribution < 1.29 is 32.9 Å². The molecule has 0 bridgehead atoms. The van der Waals surface area contributed by atoms with Crippen LogP contribution in [0.5, 0.6) is 5.75 Å². The number of carboxylic acids is 1. The van der Waals surface area contributed by atoms with E-state index in [0.29, 0.717) is 10.1 Å². The van der Waals surface area contributed by atoms with E-state index >= 15 is 0 Å². The van der Waals surface area contributed by atoms with Gasteiger partial charge in [-0.05, 0) is 29.8 Å². The molecule has 142 valence electrons. The van der Waals surface area contributed by atoms with E-state index in [1.54, 1.807) is 12.0 Å². The lowest BCUT2D eigenvalue weighted by atomic mass is 10.00. The van der Waals surface area contributed by atoms with Gasteiger partial charge in [0.25, 0.3) is 0 Å². The second-order valence-electron chi connectivity index (χ2n) is 5.37. The van der Waals surface area contributed by atoms with Crippen LogP contribution < -0.4 is 4.89 Å². The molecule has 0 aromatic heterocycles. The van der Waals surface area contributed by atoms with Crippen LogP contribution in [0, 0.1) is 0 Å². The first-order valence-corrected chi connectivity index (χ1v) is 9.09. The Labute approximate surface area is 156 Å². The summed E-state index contributed by atoms with van der Waals surface area (Å²) in [5.74, 6) is 0.379. The van der Waals surface area contributed by atoms with E-state index in [9.17, 15) is 23.1 Å². The van der Waals surface area contributed by atoms with E-state index in [-0.39, 0.29) is 16.0 Å². The van der Waals surface area contributed by atoms with Gasteiger partial charge < -0.3 is 9.99 Å². The number of benzene rings is 2. The zero-order valence-corrected chi connectivity index (χ0v) is 15.3. The van der Waals surface area contributed by atoms with Crippen molar-refractivity contribution in [2.75, 3.05) is 14.2 Å². The molecule has 0 spiro atoms. The first-order valence-electron chi connectivity index (χ1n) is 7.65. The van der Waals surface area contributed by atoms with Gasteiger partial charge in [-0.2, -0.15) is 9.19 Å². The summed E-state index contributed by atoms with van der Waals surface area (Å²) < 4.78 is 26.1. The molecule has 0 aliphatic carbocycles. The van der Waals surface area contributed by atoms with Crippen LogP contribution in [0.4, 0.5) is 0 Å². The monoisotopic (exact) mass is 391 g/mol. The lowest BCUT2D eigenvalue weighted by Gasteiger charge is -2.25. The van der Waals surface area contributed by atoms with Crippen LogP contribution in [0.3, 0.4) is 0 Å². The molecule has 0 radical (unpaired) electrons. The Hall–Kier alpha value is -2.97. The number of nitrogens with zero attached hydrogens (tertiary/aromatic N) is 1. The fourth-order valence-corrected chi connectivity index (χ4v) is 3.72. The zero-order chi connectivity index (χ0) is 20.0. The third-order valence-electron chi connectivity index (χ3n) is 3.75. The predicted molar refractivity (Wildman–Crippen MR) is 96.0 cm³/mol. The van der Waals surface area contributed by atoms with E-state index in [0.717, 1.165) is 7.05 Å². The van der Waals surface area contributed by atoms with Crippen LogP contribution in [-0.4, -0.2) is 49.9 Å². The molecule has 1 atom stereocenters. The van der Waals surface area contributed by atoms with Crippen molar-refractivity contribution in [3.8, 4) is 5.75 Å². The number of rotatable bonds is 8. The molecule has 2 aromatic carbocycles. The van der Waals surface area contributed by atoms with Crippen molar-refractivity contribution in [2.24, 2.45) is 0 Å². The van der Waals surface area contributed by atoms with Crippen LogP contribution in [0.2, 0.25) is 0 Å². The summed E-state index contributed by atoms with van der Waals surface area (Å²) in [5.41, 5.74) is -0.149. The number of aliphatic carboxylic acids is 1. The van der Waals surface area contributed by atoms with Crippen molar-refractivity contribution in [1.29, 1.82) is 0 Å². The van der Waals surface area contributed by atoms with E-state index < -0.39 is 22.0 Å². The summed E-state index contributed by atoms with van der Waals surface area (Å²) in [7, 11) is -1.74. The number of hydrogen-bond acceptors (Lipinski definition) is 6. The quantitative estimate of drug-likeness (QED) is 0.413. The van der Waals surface area contributed by atoms with Gasteiger partial charge in [-0.1, -0.05) is 30.3 Å². The van der Waals surface area contributed by atoms with Gasteiger partial charge in [-0.25, -0.2) is 13.2 Å². The van der Waals surface area contributed by atoms with Gasteiger partial charge in [0.05, 0.1) is 17.6 Å². The summed E-state index contributed by atoms with van der Waals surface area (Å²) >= 11 is 0. The fraction of sp³-hybridized carbons (Fsp3) is 0.167. The predicted octanol–water partition coefficient (Wildman–Crippen LogP) is 1.62. The Morgan fingerprint density at radius 1 is 1.11 bits per heavy atom. The molecule has 0 saturated carbocycles. The van der Waals surface area contributed by atoms with Crippen LogP contribution in [0.1, 0.15) is 5.56 Å². The fourth-order valence-electron chi connectivity index (χ4n) is 2.42. The van der Waals surface area contributed by atoms with E-state index in [1.165, 1.54) is 55.6 Å². The molecule has 27 heavy (non-hydrogen) atoms. The molecule has 0 fully saturated rings. The maximum Gasteiger partial charge on any atom is 0.327 e. The van der Waals surface area contributed by atoms with Crippen LogP contribution in [0.15, 0.2) is 59.5 Å². The molecule has 0 amide bonds. The first-order chi connectivity index (χ1) is 12.8. The van der Waals surface area contributed by atoms with Gasteiger partial charge in [0.1, 0.15) is 5.94 Å². The normalized spacial score (nSPS) is 12.3. The smallest absolute Gasteiger partial charge is 0.327 e. The number of carbonyl (C=O) groups excluding carboxylic acids is 1. The van der Waals surface area contributed by atoms with Gasteiger partial charge in [-0.15, -0.1) is 0 Å². The average Bonchev–Trinajstić information content (AvgIpc) is 2.67. The largest absolute Gasteiger partial charge is 0.480 e. The van der Waals surface area contributed by atoms with Crippen molar-refractivity contribution >= 4 is 27.5 Å². The highest BCUT2D eigenvalue weighted by Crippen LogP contribution is 2.26. The molecule has 2 aromatic rings. The second kappa shape index (κ2) is 8.61. The van der Waals surface area contributed by atoms with E-state index in [1.807, 2.05) is 0 Å². The highest BCUT2D eigenvalue weighted by atomic mass is 32.2. The summed E-state index contributed by atoms with van der Waals surface area (Å²) in [6.07, 6.45) is 0. The van der Waals surface area contributed by atoms with Crippen molar-refractivity contribution in [2.45, 2.75) is 10.9 Å². The standard InChI is InChI=1S/C18H17NO7S/c1-19(27(23,24)15-6-4-3-5-7-15)17(18(21)22)16(12-20)13-8-10-14(11-9-13)26-25-2/h3-11,17H,1-2H3,(H,21,22). The molecule has 8 nitrogen and oxygen atoms in total. The van der Waals surface area contributed by atoms with Crippen LogP contribution in [0.25, 0.3) is 5.57 Å². The van der Waals surface area contributed by atoms with Gasteiger partial charge in [0, 0.05) is 7.05 Å². The molecule has 0 aliphatic rings. The Balaban J connectivity index is 2.46.